The Morgan fingerprint density at radius 3 is 2.38 bits per heavy atom. The van der Waals surface area contributed by atoms with E-state index in [4.69, 9.17) is 4.74 Å². The maximum atomic E-state index is 13.7. The number of pyridine rings is 1. The van der Waals surface area contributed by atoms with Crippen LogP contribution in [0.5, 0.6) is 5.88 Å². The van der Waals surface area contributed by atoms with E-state index in [-0.39, 0.29) is 23.6 Å². The average Bonchev–Trinajstić information content (AvgIpc) is 2.71. The Kier molecular flexibility index (Phi) is 7.23. The van der Waals surface area contributed by atoms with Gasteiger partial charge in [-0.15, -0.1) is 0 Å². The zero-order valence-electron chi connectivity index (χ0n) is 19.3. The maximum Gasteiger partial charge on any atom is 0.421 e. The minimum Gasteiger partial charge on any atom is -0.475 e. The molecule has 0 bridgehead atoms. The molecule has 1 aromatic carbocycles. The SMILES string of the molecule is CC(=O)Nc1cc(C)ccc1Nc1nc(Nc2cc(OC(C)C)ncc2C)ncc1C(F)(F)F. The Hall–Kier alpha value is -3.89. The highest BCUT2D eigenvalue weighted by Crippen LogP contribution is 2.37. The number of nitrogens with zero attached hydrogens (tertiary/aromatic N) is 3. The van der Waals surface area contributed by atoms with Crippen molar-refractivity contribution in [1.82, 2.24) is 15.0 Å². The summed E-state index contributed by atoms with van der Waals surface area (Å²) in [5, 5.41) is 8.24. The fraction of sp³-hybridized carbons (Fsp3) is 0.304. The van der Waals surface area contributed by atoms with E-state index in [1.165, 1.54) is 6.92 Å². The molecule has 180 valence electrons. The molecule has 8 nitrogen and oxygen atoms in total. The zero-order valence-corrected chi connectivity index (χ0v) is 19.3. The highest BCUT2D eigenvalue weighted by molar-refractivity contribution is 5.93. The van der Waals surface area contributed by atoms with Crippen molar-refractivity contribution < 1.29 is 22.7 Å². The van der Waals surface area contributed by atoms with Gasteiger partial charge in [0.15, 0.2) is 0 Å². The maximum absolute atomic E-state index is 13.7. The summed E-state index contributed by atoms with van der Waals surface area (Å²) in [6.07, 6.45) is -2.53. The molecule has 2 heterocycles. The molecule has 0 unspecified atom stereocenters. The number of amides is 1. The third kappa shape index (κ3) is 6.33. The molecule has 0 saturated heterocycles. The molecule has 0 aliphatic heterocycles. The van der Waals surface area contributed by atoms with E-state index in [2.05, 4.69) is 30.9 Å². The number of anilines is 5. The van der Waals surface area contributed by atoms with Gasteiger partial charge in [-0.05, 0) is 51.0 Å². The third-order valence-electron chi connectivity index (χ3n) is 4.51. The average molecular weight is 474 g/mol. The van der Waals surface area contributed by atoms with E-state index in [0.717, 1.165) is 11.1 Å². The second-order valence-corrected chi connectivity index (χ2v) is 7.94. The number of aryl methyl sites for hydroxylation is 2. The van der Waals surface area contributed by atoms with Crippen molar-refractivity contribution in [3.8, 4) is 5.88 Å². The minimum absolute atomic E-state index is 0.0616. The van der Waals surface area contributed by atoms with Gasteiger partial charge in [-0.25, -0.2) is 9.97 Å². The number of rotatable bonds is 7. The Labute approximate surface area is 195 Å². The molecule has 0 spiro atoms. The first-order valence-electron chi connectivity index (χ1n) is 10.4. The van der Waals surface area contributed by atoms with E-state index in [1.54, 1.807) is 44.3 Å². The van der Waals surface area contributed by atoms with Crippen LogP contribution in [0.2, 0.25) is 0 Å². The number of alkyl halides is 3. The summed E-state index contributed by atoms with van der Waals surface area (Å²) in [6, 6.07) is 6.54. The van der Waals surface area contributed by atoms with Gasteiger partial charge in [0, 0.05) is 25.4 Å². The van der Waals surface area contributed by atoms with Crippen LogP contribution in [0.4, 0.5) is 42.0 Å². The number of carbonyl (C=O) groups excluding carboxylic acids is 1. The first-order valence-corrected chi connectivity index (χ1v) is 10.4. The van der Waals surface area contributed by atoms with E-state index in [9.17, 15) is 18.0 Å². The fourth-order valence-corrected chi connectivity index (χ4v) is 3.00. The lowest BCUT2D eigenvalue weighted by atomic mass is 10.1. The van der Waals surface area contributed by atoms with Crippen molar-refractivity contribution in [3.05, 3.63) is 53.3 Å². The number of carbonyl (C=O) groups is 1. The highest BCUT2D eigenvalue weighted by atomic mass is 19.4. The molecule has 3 rings (SSSR count). The molecule has 0 atom stereocenters. The van der Waals surface area contributed by atoms with E-state index < -0.39 is 17.6 Å². The van der Waals surface area contributed by atoms with Gasteiger partial charge < -0.3 is 20.7 Å². The number of halogens is 3. The third-order valence-corrected chi connectivity index (χ3v) is 4.51. The number of ether oxygens (including phenoxy) is 1. The predicted molar refractivity (Wildman–Crippen MR) is 124 cm³/mol. The Bertz CT molecular complexity index is 1200. The van der Waals surface area contributed by atoms with Crippen LogP contribution in [0, 0.1) is 13.8 Å². The van der Waals surface area contributed by atoms with Crippen molar-refractivity contribution in [1.29, 1.82) is 0 Å². The lowest BCUT2D eigenvalue weighted by Gasteiger charge is -2.18. The van der Waals surface area contributed by atoms with Crippen LogP contribution in [0.1, 0.15) is 37.5 Å². The minimum atomic E-state index is -4.70. The first-order chi connectivity index (χ1) is 15.9. The number of hydrogen-bond donors (Lipinski definition) is 3. The van der Waals surface area contributed by atoms with Gasteiger partial charge in [-0.1, -0.05) is 6.07 Å². The van der Waals surface area contributed by atoms with Gasteiger partial charge >= 0.3 is 6.18 Å². The molecule has 0 radical (unpaired) electrons. The largest absolute Gasteiger partial charge is 0.475 e. The summed E-state index contributed by atoms with van der Waals surface area (Å²) in [6.45, 7) is 8.60. The van der Waals surface area contributed by atoms with Gasteiger partial charge in [0.2, 0.25) is 17.7 Å². The van der Waals surface area contributed by atoms with Gasteiger partial charge in [0.05, 0.1) is 23.2 Å². The van der Waals surface area contributed by atoms with Gasteiger partial charge in [-0.2, -0.15) is 18.2 Å². The monoisotopic (exact) mass is 474 g/mol. The van der Waals surface area contributed by atoms with Crippen LogP contribution in [-0.4, -0.2) is 27.0 Å². The Morgan fingerprint density at radius 1 is 1.00 bits per heavy atom. The first kappa shape index (κ1) is 24.7. The summed E-state index contributed by atoms with van der Waals surface area (Å²) >= 11 is 0. The number of benzene rings is 1. The summed E-state index contributed by atoms with van der Waals surface area (Å²) < 4.78 is 46.6. The summed E-state index contributed by atoms with van der Waals surface area (Å²) in [7, 11) is 0. The van der Waals surface area contributed by atoms with Crippen molar-refractivity contribution in [2.75, 3.05) is 16.0 Å². The zero-order chi connectivity index (χ0) is 25.0. The predicted octanol–water partition coefficient (Wildman–Crippen LogP) is 5.74. The van der Waals surface area contributed by atoms with Crippen molar-refractivity contribution in [2.24, 2.45) is 0 Å². The second-order valence-electron chi connectivity index (χ2n) is 7.94. The topological polar surface area (TPSA) is 101 Å². The van der Waals surface area contributed by atoms with Crippen molar-refractivity contribution >= 4 is 34.7 Å². The molecule has 0 saturated carbocycles. The van der Waals surface area contributed by atoms with Crippen LogP contribution in [0.15, 0.2) is 36.7 Å². The van der Waals surface area contributed by atoms with Crippen LogP contribution in [0.25, 0.3) is 0 Å². The molecule has 0 aliphatic rings. The second kappa shape index (κ2) is 9.94. The standard InChI is InChI=1S/C23H25F3N6O2/c1-12(2)34-20-9-18(14(4)10-27-20)31-22-28-11-16(23(24,25)26)21(32-22)30-17-7-6-13(3)8-19(17)29-15(5)33/h6-12H,1-5H3,(H,29,33)(H2,27,28,30,31,32). The molecule has 0 aliphatic carbocycles. The summed E-state index contributed by atoms with van der Waals surface area (Å²) in [5.41, 5.74) is 1.61. The molecule has 2 aromatic heterocycles. The molecular weight excluding hydrogens is 449 g/mol. The molecule has 3 N–H and O–H groups in total. The molecule has 0 fully saturated rings. The number of nitrogens with one attached hydrogen (secondary N) is 3. The summed E-state index contributed by atoms with van der Waals surface area (Å²) in [5.74, 6) is -0.533. The van der Waals surface area contributed by atoms with Gasteiger partial charge in [0.25, 0.3) is 0 Å². The molecule has 1 amide bonds. The van der Waals surface area contributed by atoms with E-state index >= 15 is 0 Å². The fourth-order valence-electron chi connectivity index (χ4n) is 3.00. The van der Waals surface area contributed by atoms with Crippen LogP contribution in [-0.2, 0) is 11.0 Å². The van der Waals surface area contributed by atoms with Crippen LogP contribution >= 0.6 is 0 Å². The number of hydrogen-bond acceptors (Lipinski definition) is 7. The normalized spacial score (nSPS) is 11.3. The molecule has 34 heavy (non-hydrogen) atoms. The van der Waals surface area contributed by atoms with Crippen LogP contribution < -0.4 is 20.7 Å². The smallest absolute Gasteiger partial charge is 0.421 e. The van der Waals surface area contributed by atoms with Crippen molar-refractivity contribution in [3.63, 3.8) is 0 Å². The molecule has 11 heteroatoms. The van der Waals surface area contributed by atoms with E-state index in [1.807, 2.05) is 13.8 Å². The summed E-state index contributed by atoms with van der Waals surface area (Å²) in [4.78, 5) is 23.7. The van der Waals surface area contributed by atoms with Crippen LogP contribution in [0.3, 0.4) is 0 Å². The molecular formula is C23H25F3N6O2. The lowest BCUT2D eigenvalue weighted by molar-refractivity contribution is -0.137. The Morgan fingerprint density at radius 2 is 1.74 bits per heavy atom. The molecule has 3 aromatic rings. The van der Waals surface area contributed by atoms with Gasteiger partial charge in [-0.3, -0.25) is 4.79 Å². The van der Waals surface area contributed by atoms with Crippen molar-refractivity contribution in [2.45, 2.75) is 46.9 Å². The quantitative estimate of drug-likeness (QED) is 0.401. The Balaban J connectivity index is 2.00. The van der Waals surface area contributed by atoms with E-state index in [0.29, 0.717) is 23.5 Å². The highest BCUT2D eigenvalue weighted by Gasteiger charge is 2.35. The van der Waals surface area contributed by atoms with Gasteiger partial charge in [0.1, 0.15) is 11.4 Å². The number of aromatic nitrogens is 3. The lowest BCUT2D eigenvalue weighted by Crippen LogP contribution is -2.14.